The Bertz CT molecular complexity index is 230. The number of likely N-dealkylation sites (N-methyl/N-ethyl adjacent to an activating group) is 1. The van der Waals surface area contributed by atoms with Crippen LogP contribution in [0.5, 0.6) is 0 Å². The van der Waals surface area contributed by atoms with Crippen LogP contribution < -0.4 is 5.32 Å². The molecule has 0 saturated carbocycles. The predicted molar refractivity (Wildman–Crippen MR) is 70.9 cm³/mol. The highest BCUT2D eigenvalue weighted by atomic mass is 15.2. The van der Waals surface area contributed by atoms with Gasteiger partial charge < -0.3 is 15.1 Å². The van der Waals surface area contributed by atoms with Gasteiger partial charge in [0.25, 0.3) is 0 Å². The van der Waals surface area contributed by atoms with Crippen molar-refractivity contribution in [2.24, 2.45) is 0 Å². The van der Waals surface area contributed by atoms with Crippen LogP contribution in [0.25, 0.3) is 0 Å². The van der Waals surface area contributed by atoms with Crippen molar-refractivity contribution in [2.75, 3.05) is 46.3 Å². The maximum atomic E-state index is 8.93. The summed E-state index contributed by atoms with van der Waals surface area (Å²) in [6.07, 6.45) is 3.64. The Morgan fingerprint density at radius 1 is 1.35 bits per heavy atom. The molecule has 4 nitrogen and oxygen atoms in total. The van der Waals surface area contributed by atoms with Gasteiger partial charge >= 0.3 is 0 Å². The normalized spacial score (nSPS) is 18.5. The van der Waals surface area contributed by atoms with E-state index in [0.29, 0.717) is 0 Å². The highest BCUT2D eigenvalue weighted by Gasteiger charge is 2.12. The molecule has 1 unspecified atom stereocenters. The molecule has 1 rings (SSSR count). The molecule has 1 atom stereocenters. The molecule has 0 aliphatic carbocycles. The highest BCUT2D eigenvalue weighted by molar-refractivity contribution is 4.89. The molecule has 0 spiro atoms. The Morgan fingerprint density at radius 3 is 2.65 bits per heavy atom. The van der Waals surface area contributed by atoms with Gasteiger partial charge in [-0.15, -0.1) is 0 Å². The van der Waals surface area contributed by atoms with Gasteiger partial charge in [-0.1, -0.05) is 6.92 Å². The second kappa shape index (κ2) is 8.46. The lowest BCUT2D eigenvalue weighted by atomic mass is 10.2. The molecule has 1 saturated heterocycles. The fourth-order valence-electron chi connectivity index (χ4n) is 2.24. The first-order chi connectivity index (χ1) is 8.26. The van der Waals surface area contributed by atoms with Gasteiger partial charge in [-0.25, -0.2) is 0 Å². The van der Waals surface area contributed by atoms with E-state index in [1.165, 1.54) is 32.5 Å². The van der Waals surface area contributed by atoms with E-state index in [2.05, 4.69) is 28.2 Å². The molecule has 98 valence electrons. The summed E-state index contributed by atoms with van der Waals surface area (Å²) in [7, 11) is 2.15. The molecule has 0 aromatic heterocycles. The van der Waals surface area contributed by atoms with Crippen LogP contribution in [0.4, 0.5) is 0 Å². The molecule has 1 aliphatic heterocycles. The number of hydrogen-bond acceptors (Lipinski definition) is 4. The van der Waals surface area contributed by atoms with Crippen molar-refractivity contribution in [1.82, 2.24) is 15.1 Å². The van der Waals surface area contributed by atoms with Gasteiger partial charge in [0.15, 0.2) is 0 Å². The zero-order valence-corrected chi connectivity index (χ0v) is 11.3. The first kappa shape index (κ1) is 14.4. The number of nitrogens with zero attached hydrogens (tertiary/aromatic N) is 3. The second-order valence-corrected chi connectivity index (χ2v) is 4.88. The summed E-state index contributed by atoms with van der Waals surface area (Å²) in [6.45, 7) is 8.74. The minimum absolute atomic E-state index is 0.00855. The fraction of sp³-hybridized carbons (Fsp3) is 0.923. The molecule has 4 heteroatoms. The Balaban J connectivity index is 2.07. The van der Waals surface area contributed by atoms with Crippen LogP contribution in [0.15, 0.2) is 0 Å². The van der Waals surface area contributed by atoms with Gasteiger partial charge in [-0.05, 0) is 45.9 Å². The number of rotatable bonds is 8. The number of nitrogens with one attached hydrogen (secondary N) is 1. The quantitative estimate of drug-likeness (QED) is 0.682. The molecule has 0 aromatic rings. The second-order valence-electron chi connectivity index (χ2n) is 4.88. The zero-order chi connectivity index (χ0) is 12.5. The van der Waals surface area contributed by atoms with Crippen molar-refractivity contribution in [3.63, 3.8) is 0 Å². The molecule has 1 N–H and O–H groups in total. The van der Waals surface area contributed by atoms with Crippen LogP contribution >= 0.6 is 0 Å². The number of likely N-dealkylation sites (tertiary alicyclic amines) is 1. The smallest absolute Gasteiger partial charge is 0.0965 e. The van der Waals surface area contributed by atoms with Gasteiger partial charge in [0.1, 0.15) is 0 Å². The van der Waals surface area contributed by atoms with Crippen LogP contribution in [0, 0.1) is 11.3 Å². The minimum atomic E-state index is 0.00855. The average Bonchev–Trinajstić information content (AvgIpc) is 2.85. The minimum Gasteiger partial charge on any atom is -0.305 e. The average molecular weight is 238 g/mol. The third-order valence-electron chi connectivity index (χ3n) is 3.40. The fourth-order valence-corrected chi connectivity index (χ4v) is 2.24. The van der Waals surface area contributed by atoms with E-state index in [1.54, 1.807) is 0 Å². The maximum Gasteiger partial charge on any atom is 0.0965 e. The summed E-state index contributed by atoms with van der Waals surface area (Å²) >= 11 is 0. The first-order valence-corrected chi connectivity index (χ1v) is 6.80. The molecule has 0 amide bonds. The molecule has 0 radical (unpaired) electrons. The van der Waals surface area contributed by atoms with Gasteiger partial charge in [-0.2, -0.15) is 5.26 Å². The third-order valence-corrected chi connectivity index (χ3v) is 3.40. The Morgan fingerprint density at radius 2 is 2.06 bits per heavy atom. The molecule has 0 aromatic carbocycles. The zero-order valence-electron chi connectivity index (χ0n) is 11.3. The Kier molecular flexibility index (Phi) is 7.18. The molecule has 1 heterocycles. The van der Waals surface area contributed by atoms with Crippen molar-refractivity contribution in [3.05, 3.63) is 0 Å². The summed E-state index contributed by atoms with van der Waals surface area (Å²) in [5, 5.41) is 12.1. The SMILES string of the molecule is CCNC(C#N)CCN(C)CCN1CCCC1. The molecule has 1 fully saturated rings. The lowest BCUT2D eigenvalue weighted by Gasteiger charge is -2.22. The molecule has 17 heavy (non-hydrogen) atoms. The third kappa shape index (κ3) is 6.02. The maximum absolute atomic E-state index is 8.93. The molecular formula is C13H26N4. The van der Waals surface area contributed by atoms with Gasteiger partial charge in [0.05, 0.1) is 12.1 Å². The van der Waals surface area contributed by atoms with E-state index in [1.807, 2.05) is 6.92 Å². The highest BCUT2D eigenvalue weighted by Crippen LogP contribution is 2.06. The van der Waals surface area contributed by atoms with Crippen LogP contribution in [0.3, 0.4) is 0 Å². The number of hydrogen-bond donors (Lipinski definition) is 1. The van der Waals surface area contributed by atoms with Crippen LogP contribution in [-0.2, 0) is 0 Å². The van der Waals surface area contributed by atoms with E-state index in [-0.39, 0.29) is 6.04 Å². The van der Waals surface area contributed by atoms with Crippen LogP contribution in [0.1, 0.15) is 26.2 Å². The van der Waals surface area contributed by atoms with Crippen LogP contribution in [0.2, 0.25) is 0 Å². The topological polar surface area (TPSA) is 42.3 Å². The monoisotopic (exact) mass is 238 g/mol. The van der Waals surface area contributed by atoms with E-state index in [0.717, 1.165) is 26.1 Å². The first-order valence-electron chi connectivity index (χ1n) is 6.80. The summed E-state index contributed by atoms with van der Waals surface area (Å²) < 4.78 is 0. The van der Waals surface area contributed by atoms with Crippen LogP contribution in [-0.4, -0.2) is 62.2 Å². The molecule has 0 bridgehead atoms. The van der Waals surface area contributed by atoms with Gasteiger partial charge in [-0.3, -0.25) is 0 Å². The molecule has 1 aliphatic rings. The van der Waals surface area contributed by atoms with E-state index in [4.69, 9.17) is 5.26 Å². The standard InChI is InChI=1S/C13H26N4/c1-3-15-13(12-14)6-9-16(2)10-11-17-7-4-5-8-17/h13,15H,3-11H2,1-2H3. The van der Waals surface area contributed by atoms with Gasteiger partial charge in [0, 0.05) is 19.6 Å². The lowest BCUT2D eigenvalue weighted by molar-refractivity contribution is 0.251. The summed E-state index contributed by atoms with van der Waals surface area (Å²) in [5.41, 5.74) is 0. The number of nitriles is 1. The molecular weight excluding hydrogens is 212 g/mol. The lowest BCUT2D eigenvalue weighted by Crippen LogP contribution is -2.35. The van der Waals surface area contributed by atoms with E-state index >= 15 is 0 Å². The summed E-state index contributed by atoms with van der Waals surface area (Å²) in [6, 6.07) is 2.32. The van der Waals surface area contributed by atoms with Crippen molar-refractivity contribution < 1.29 is 0 Å². The van der Waals surface area contributed by atoms with Crippen molar-refractivity contribution >= 4 is 0 Å². The Hall–Kier alpha value is -0.630. The van der Waals surface area contributed by atoms with E-state index < -0.39 is 0 Å². The Labute approximate surface area is 106 Å². The summed E-state index contributed by atoms with van der Waals surface area (Å²) in [4.78, 5) is 4.86. The van der Waals surface area contributed by atoms with E-state index in [9.17, 15) is 0 Å². The van der Waals surface area contributed by atoms with Gasteiger partial charge in [0.2, 0.25) is 0 Å². The van der Waals surface area contributed by atoms with Crippen molar-refractivity contribution in [2.45, 2.75) is 32.2 Å². The van der Waals surface area contributed by atoms with Crippen molar-refractivity contribution in [1.29, 1.82) is 5.26 Å². The summed E-state index contributed by atoms with van der Waals surface area (Å²) in [5.74, 6) is 0. The van der Waals surface area contributed by atoms with Crippen molar-refractivity contribution in [3.8, 4) is 6.07 Å². The largest absolute Gasteiger partial charge is 0.305 e. The predicted octanol–water partition coefficient (Wildman–Crippen LogP) is 0.906.